The molecule has 1 aliphatic heterocycles. The summed E-state index contributed by atoms with van der Waals surface area (Å²) in [5.74, 6) is 0.492. The Hall–Kier alpha value is -2.79. The highest BCUT2D eigenvalue weighted by Crippen LogP contribution is 2.43. The van der Waals surface area contributed by atoms with Crippen molar-refractivity contribution in [3.05, 3.63) is 76.6 Å². The number of aromatic nitrogens is 2. The highest BCUT2D eigenvalue weighted by molar-refractivity contribution is 6.31. The molecule has 1 aromatic heterocycles. The fourth-order valence-electron chi connectivity index (χ4n) is 4.17. The standard InChI is InChI=1S/C24H25ClN4O/c1-17-7-10-20(15-22(17)25)29-23(18-8-9-18)21(16-26-29)24(30)28-13-11-27(12-14-28)19-5-3-2-4-6-19/h2-7,10,15-16,18H,8-9,11-14H2,1H3. The summed E-state index contributed by atoms with van der Waals surface area (Å²) in [6.07, 6.45) is 3.95. The molecular formula is C24H25ClN4O. The van der Waals surface area contributed by atoms with Gasteiger partial charge in [-0.05, 0) is 49.6 Å². The number of halogens is 1. The number of benzene rings is 2. The number of hydrogen-bond acceptors (Lipinski definition) is 3. The van der Waals surface area contributed by atoms with E-state index < -0.39 is 0 Å². The molecule has 30 heavy (non-hydrogen) atoms. The maximum absolute atomic E-state index is 13.4. The molecule has 1 saturated heterocycles. The summed E-state index contributed by atoms with van der Waals surface area (Å²) in [5.41, 5.74) is 4.94. The maximum atomic E-state index is 13.4. The summed E-state index contributed by atoms with van der Waals surface area (Å²) in [5, 5.41) is 5.31. The average Bonchev–Trinajstić information content (AvgIpc) is 3.54. The summed E-state index contributed by atoms with van der Waals surface area (Å²) in [6, 6.07) is 16.3. The average molecular weight is 421 g/mol. The van der Waals surface area contributed by atoms with Crippen LogP contribution in [-0.2, 0) is 0 Å². The van der Waals surface area contributed by atoms with Gasteiger partial charge < -0.3 is 9.80 Å². The van der Waals surface area contributed by atoms with Gasteiger partial charge in [-0.25, -0.2) is 4.68 Å². The van der Waals surface area contributed by atoms with Gasteiger partial charge in [-0.15, -0.1) is 0 Å². The fraction of sp³-hybridized carbons (Fsp3) is 0.333. The first kappa shape index (κ1) is 19.2. The van der Waals surface area contributed by atoms with Crippen LogP contribution in [0.3, 0.4) is 0 Å². The molecule has 5 nitrogen and oxygen atoms in total. The normalized spacial score (nSPS) is 16.7. The minimum atomic E-state index is 0.0917. The molecule has 0 radical (unpaired) electrons. The van der Waals surface area contributed by atoms with E-state index in [1.54, 1.807) is 6.20 Å². The molecule has 0 atom stereocenters. The molecule has 0 unspecified atom stereocenters. The number of hydrogen-bond donors (Lipinski definition) is 0. The lowest BCUT2D eigenvalue weighted by molar-refractivity contribution is 0.0745. The molecule has 2 fully saturated rings. The third-order valence-electron chi connectivity index (χ3n) is 6.09. The Morgan fingerprint density at radius 1 is 1.00 bits per heavy atom. The van der Waals surface area contributed by atoms with Gasteiger partial charge in [-0.1, -0.05) is 35.9 Å². The van der Waals surface area contributed by atoms with Crippen LogP contribution in [0.1, 0.15) is 40.4 Å². The fourth-order valence-corrected chi connectivity index (χ4v) is 4.34. The van der Waals surface area contributed by atoms with Crippen molar-refractivity contribution in [3.8, 4) is 5.69 Å². The smallest absolute Gasteiger partial charge is 0.257 e. The van der Waals surface area contributed by atoms with Crippen LogP contribution in [0.5, 0.6) is 0 Å². The molecular weight excluding hydrogens is 396 g/mol. The summed E-state index contributed by atoms with van der Waals surface area (Å²) < 4.78 is 1.91. The summed E-state index contributed by atoms with van der Waals surface area (Å²) in [7, 11) is 0. The third kappa shape index (κ3) is 3.58. The number of amides is 1. The molecule has 2 aliphatic rings. The van der Waals surface area contributed by atoms with Crippen LogP contribution in [0.15, 0.2) is 54.7 Å². The number of rotatable bonds is 4. The quantitative estimate of drug-likeness (QED) is 0.615. The van der Waals surface area contributed by atoms with Crippen molar-refractivity contribution in [2.45, 2.75) is 25.7 Å². The Morgan fingerprint density at radius 3 is 2.40 bits per heavy atom. The maximum Gasteiger partial charge on any atom is 0.257 e. The molecule has 154 valence electrons. The molecule has 2 heterocycles. The van der Waals surface area contributed by atoms with Crippen molar-refractivity contribution >= 4 is 23.2 Å². The number of piperazine rings is 1. The number of para-hydroxylation sites is 1. The first-order chi connectivity index (χ1) is 14.6. The van der Waals surface area contributed by atoms with Gasteiger partial charge in [0.2, 0.25) is 0 Å². The van der Waals surface area contributed by atoms with Gasteiger partial charge in [0, 0.05) is 42.8 Å². The van der Waals surface area contributed by atoms with E-state index in [2.05, 4.69) is 34.3 Å². The van der Waals surface area contributed by atoms with Crippen LogP contribution in [-0.4, -0.2) is 46.8 Å². The predicted molar refractivity (Wildman–Crippen MR) is 120 cm³/mol. The van der Waals surface area contributed by atoms with E-state index in [-0.39, 0.29) is 5.91 Å². The lowest BCUT2D eigenvalue weighted by Crippen LogP contribution is -2.48. The van der Waals surface area contributed by atoms with E-state index in [0.717, 1.165) is 66.6 Å². The van der Waals surface area contributed by atoms with Gasteiger partial charge >= 0.3 is 0 Å². The van der Waals surface area contributed by atoms with E-state index in [4.69, 9.17) is 11.6 Å². The van der Waals surface area contributed by atoms with Gasteiger partial charge in [0.1, 0.15) is 0 Å². The van der Waals surface area contributed by atoms with E-state index in [0.29, 0.717) is 5.92 Å². The molecule has 1 amide bonds. The van der Waals surface area contributed by atoms with Crippen molar-refractivity contribution in [2.75, 3.05) is 31.1 Å². The molecule has 5 rings (SSSR count). The van der Waals surface area contributed by atoms with Crippen molar-refractivity contribution in [1.82, 2.24) is 14.7 Å². The Kier molecular flexibility index (Phi) is 4.99. The van der Waals surface area contributed by atoms with Gasteiger partial charge in [-0.3, -0.25) is 4.79 Å². The second-order valence-corrected chi connectivity index (χ2v) is 8.59. The minimum absolute atomic E-state index is 0.0917. The van der Waals surface area contributed by atoms with Crippen molar-refractivity contribution < 1.29 is 4.79 Å². The Balaban J connectivity index is 1.38. The van der Waals surface area contributed by atoms with Crippen LogP contribution in [0, 0.1) is 6.92 Å². The van der Waals surface area contributed by atoms with E-state index in [1.807, 2.05) is 40.8 Å². The van der Waals surface area contributed by atoms with Crippen LogP contribution in [0.2, 0.25) is 5.02 Å². The van der Waals surface area contributed by atoms with Gasteiger partial charge in [0.15, 0.2) is 0 Å². The Bertz CT molecular complexity index is 1070. The SMILES string of the molecule is Cc1ccc(-n2ncc(C(=O)N3CCN(c4ccccc4)CC3)c2C2CC2)cc1Cl. The van der Waals surface area contributed by atoms with Crippen molar-refractivity contribution in [3.63, 3.8) is 0 Å². The monoisotopic (exact) mass is 420 g/mol. The number of carbonyl (C=O) groups is 1. The first-order valence-corrected chi connectivity index (χ1v) is 10.9. The molecule has 3 aromatic rings. The van der Waals surface area contributed by atoms with Crippen molar-refractivity contribution in [2.24, 2.45) is 0 Å². The molecule has 2 aromatic carbocycles. The number of carbonyl (C=O) groups excluding carboxylic acids is 1. The Labute approximate surface area is 181 Å². The summed E-state index contributed by atoms with van der Waals surface area (Å²) >= 11 is 6.35. The van der Waals surface area contributed by atoms with Crippen molar-refractivity contribution in [1.29, 1.82) is 0 Å². The number of aryl methyl sites for hydroxylation is 1. The summed E-state index contributed by atoms with van der Waals surface area (Å²) in [4.78, 5) is 17.7. The first-order valence-electron chi connectivity index (χ1n) is 10.6. The predicted octanol–water partition coefficient (Wildman–Crippen LogP) is 4.67. The Morgan fingerprint density at radius 2 is 1.73 bits per heavy atom. The molecule has 0 bridgehead atoms. The molecule has 1 aliphatic carbocycles. The zero-order valence-electron chi connectivity index (χ0n) is 17.1. The highest BCUT2D eigenvalue weighted by Gasteiger charge is 2.35. The third-order valence-corrected chi connectivity index (χ3v) is 6.50. The number of nitrogens with zero attached hydrogens (tertiary/aromatic N) is 4. The van der Waals surface area contributed by atoms with Crippen LogP contribution < -0.4 is 4.90 Å². The zero-order valence-corrected chi connectivity index (χ0v) is 17.8. The van der Waals surface area contributed by atoms with E-state index in [1.165, 1.54) is 5.69 Å². The van der Waals surface area contributed by atoms with Gasteiger partial charge in [0.25, 0.3) is 5.91 Å². The zero-order chi connectivity index (χ0) is 20.7. The molecule has 0 spiro atoms. The highest BCUT2D eigenvalue weighted by atomic mass is 35.5. The molecule has 0 N–H and O–H groups in total. The largest absolute Gasteiger partial charge is 0.368 e. The number of anilines is 1. The van der Waals surface area contributed by atoms with E-state index >= 15 is 0 Å². The lowest BCUT2D eigenvalue weighted by atomic mass is 10.1. The second kappa shape index (κ2) is 7.80. The molecule has 6 heteroatoms. The molecule has 1 saturated carbocycles. The van der Waals surface area contributed by atoms with Gasteiger partial charge in [0.05, 0.1) is 23.1 Å². The summed E-state index contributed by atoms with van der Waals surface area (Å²) in [6.45, 7) is 5.12. The minimum Gasteiger partial charge on any atom is -0.368 e. The lowest BCUT2D eigenvalue weighted by Gasteiger charge is -2.36. The van der Waals surface area contributed by atoms with E-state index in [9.17, 15) is 4.79 Å². The topological polar surface area (TPSA) is 41.4 Å². The second-order valence-electron chi connectivity index (χ2n) is 8.18. The van der Waals surface area contributed by atoms with Crippen LogP contribution in [0.4, 0.5) is 5.69 Å². The van der Waals surface area contributed by atoms with Gasteiger partial charge in [-0.2, -0.15) is 5.10 Å². The van der Waals surface area contributed by atoms with Crippen LogP contribution >= 0.6 is 11.6 Å². The van der Waals surface area contributed by atoms with Crippen LogP contribution in [0.25, 0.3) is 5.69 Å².